The van der Waals surface area contributed by atoms with E-state index in [4.69, 9.17) is 26.4 Å². The summed E-state index contributed by atoms with van der Waals surface area (Å²) < 4.78 is 3.60. The fourth-order valence-electron chi connectivity index (χ4n) is 4.65. The van der Waals surface area contributed by atoms with Crippen molar-refractivity contribution in [2.24, 2.45) is 21.5 Å². The van der Waals surface area contributed by atoms with Crippen LogP contribution in [0.1, 0.15) is 40.5 Å². The van der Waals surface area contributed by atoms with Gasteiger partial charge in [0.2, 0.25) is 0 Å². The number of nitrogens with two attached hydrogens (primary N) is 2. The first-order valence-corrected chi connectivity index (χ1v) is 14.9. The number of nitrogens with zero attached hydrogens (tertiary/aromatic N) is 10. The van der Waals surface area contributed by atoms with Gasteiger partial charge in [0.05, 0.1) is 34.8 Å². The number of guanidine groups is 2. The standard InChI is InChI=1S/C30H40N14/c1-19(2)35-30(36-20(3)4)34-14-6-16-44-18-26(40-42-44)24-12-10-22-8-7-21-9-11-23(37-27(21)28(22)38-24)25-17-43(41-39-25)15-5-13-33-29(31)32/h7-12,17-20H,5-6,13-16H2,1-4H3,(H4,31,32,33)(H2,34,35,36). The lowest BCUT2D eigenvalue weighted by Crippen LogP contribution is -2.44. The highest BCUT2D eigenvalue weighted by molar-refractivity contribution is 6.04. The van der Waals surface area contributed by atoms with Gasteiger partial charge in [0, 0.05) is 49.0 Å². The van der Waals surface area contributed by atoms with Gasteiger partial charge in [-0.05, 0) is 52.7 Å². The Morgan fingerprint density at radius 2 is 1.14 bits per heavy atom. The van der Waals surface area contributed by atoms with Gasteiger partial charge in [0.1, 0.15) is 11.4 Å². The molecule has 4 aromatic heterocycles. The Labute approximate surface area is 256 Å². The van der Waals surface area contributed by atoms with E-state index in [1.54, 1.807) is 4.68 Å². The highest BCUT2D eigenvalue weighted by Crippen LogP contribution is 2.27. The molecule has 0 bridgehead atoms. The Balaban J connectivity index is 1.31. The highest BCUT2D eigenvalue weighted by Gasteiger charge is 2.12. The first kappa shape index (κ1) is 30.3. The molecule has 0 fully saturated rings. The van der Waals surface area contributed by atoms with Crippen LogP contribution in [0.2, 0.25) is 0 Å². The smallest absolute Gasteiger partial charge is 0.191 e. The number of aliphatic imine (C=N–C) groups is 2. The number of hydrogen-bond donors (Lipinski definition) is 4. The summed E-state index contributed by atoms with van der Waals surface area (Å²) in [4.78, 5) is 18.6. The first-order valence-electron chi connectivity index (χ1n) is 14.9. The van der Waals surface area contributed by atoms with Crippen molar-refractivity contribution >= 4 is 33.7 Å². The Kier molecular flexibility index (Phi) is 9.57. The van der Waals surface area contributed by atoms with E-state index in [2.05, 4.69) is 70.0 Å². The molecule has 4 heterocycles. The second-order valence-electron chi connectivity index (χ2n) is 11.2. The third-order valence-corrected chi connectivity index (χ3v) is 6.63. The lowest BCUT2D eigenvalue weighted by Gasteiger charge is -2.17. The van der Waals surface area contributed by atoms with Crippen LogP contribution in [0.4, 0.5) is 0 Å². The van der Waals surface area contributed by atoms with Crippen LogP contribution in [0.5, 0.6) is 0 Å². The summed E-state index contributed by atoms with van der Waals surface area (Å²) in [6.07, 6.45) is 5.37. The van der Waals surface area contributed by atoms with Gasteiger partial charge in [0.15, 0.2) is 11.9 Å². The third kappa shape index (κ3) is 7.82. The van der Waals surface area contributed by atoms with Gasteiger partial charge in [0.25, 0.3) is 0 Å². The fraction of sp³-hybridized carbons (Fsp3) is 0.400. The zero-order chi connectivity index (χ0) is 31.1. The molecular weight excluding hydrogens is 556 g/mol. The van der Waals surface area contributed by atoms with Crippen LogP contribution in [0, 0.1) is 0 Å². The van der Waals surface area contributed by atoms with Crippen LogP contribution in [0.15, 0.2) is 58.8 Å². The number of pyridine rings is 2. The second-order valence-corrected chi connectivity index (χ2v) is 11.2. The molecule has 0 unspecified atom stereocenters. The minimum Gasteiger partial charge on any atom is -0.370 e. The molecule has 1 aromatic carbocycles. The molecule has 0 aliphatic carbocycles. The lowest BCUT2D eigenvalue weighted by atomic mass is 10.1. The maximum absolute atomic E-state index is 5.40. The molecule has 5 aromatic rings. The van der Waals surface area contributed by atoms with Crippen molar-refractivity contribution in [3.63, 3.8) is 0 Å². The van der Waals surface area contributed by atoms with Crippen molar-refractivity contribution in [2.75, 3.05) is 13.1 Å². The largest absolute Gasteiger partial charge is 0.370 e. The monoisotopic (exact) mass is 596 g/mol. The highest BCUT2D eigenvalue weighted by atomic mass is 15.4. The average Bonchev–Trinajstić information content (AvgIpc) is 3.66. The third-order valence-electron chi connectivity index (χ3n) is 6.63. The van der Waals surface area contributed by atoms with Gasteiger partial charge >= 0.3 is 0 Å². The van der Waals surface area contributed by atoms with Crippen molar-refractivity contribution in [1.29, 1.82) is 0 Å². The van der Waals surface area contributed by atoms with Crippen LogP contribution in [-0.2, 0) is 13.1 Å². The van der Waals surface area contributed by atoms with E-state index in [-0.39, 0.29) is 5.96 Å². The van der Waals surface area contributed by atoms with E-state index >= 15 is 0 Å². The van der Waals surface area contributed by atoms with Gasteiger partial charge < -0.3 is 22.1 Å². The minimum atomic E-state index is 0.0860. The van der Waals surface area contributed by atoms with Crippen LogP contribution < -0.4 is 22.1 Å². The van der Waals surface area contributed by atoms with Crippen molar-refractivity contribution in [3.05, 3.63) is 48.8 Å². The number of benzene rings is 1. The van der Waals surface area contributed by atoms with Crippen LogP contribution in [0.25, 0.3) is 44.6 Å². The molecule has 0 atom stereocenters. The number of fused-ring (bicyclic) bond motifs is 3. The number of nitrogens with one attached hydrogen (secondary N) is 2. The lowest BCUT2D eigenvalue weighted by molar-refractivity contribution is 0.561. The van der Waals surface area contributed by atoms with Crippen molar-refractivity contribution < 1.29 is 0 Å². The van der Waals surface area contributed by atoms with Crippen molar-refractivity contribution in [1.82, 2.24) is 50.6 Å². The maximum atomic E-state index is 5.40. The fourth-order valence-corrected chi connectivity index (χ4v) is 4.65. The van der Waals surface area contributed by atoms with E-state index in [1.807, 2.05) is 47.4 Å². The molecule has 230 valence electrons. The van der Waals surface area contributed by atoms with Gasteiger partial charge in [-0.25, -0.2) is 9.97 Å². The average molecular weight is 597 g/mol. The minimum absolute atomic E-state index is 0.0860. The van der Waals surface area contributed by atoms with E-state index in [9.17, 15) is 0 Å². The van der Waals surface area contributed by atoms with Gasteiger partial charge in [-0.15, -0.1) is 10.2 Å². The second kappa shape index (κ2) is 13.9. The predicted molar refractivity (Wildman–Crippen MR) is 174 cm³/mol. The molecule has 6 N–H and O–H groups in total. The molecular formula is C30H40N14. The molecule has 14 heteroatoms. The Hall–Kier alpha value is -5.14. The van der Waals surface area contributed by atoms with Crippen molar-refractivity contribution in [3.8, 4) is 22.8 Å². The first-order chi connectivity index (χ1) is 21.2. The topological polar surface area (TPSA) is 188 Å². The molecule has 0 saturated heterocycles. The molecule has 0 radical (unpaired) electrons. The van der Waals surface area contributed by atoms with Crippen LogP contribution in [0.3, 0.4) is 0 Å². The summed E-state index contributed by atoms with van der Waals surface area (Å²) in [5.74, 6) is 0.908. The summed E-state index contributed by atoms with van der Waals surface area (Å²) in [7, 11) is 0. The molecule has 14 nitrogen and oxygen atoms in total. The SMILES string of the molecule is CC(C)NC(=NCCCn1cc(-c2ccc3ccc4ccc(-c5cn(CCCN=C(N)N)nn5)nc4c3n2)nn1)NC(C)C. The van der Waals surface area contributed by atoms with Gasteiger partial charge in [-0.1, -0.05) is 34.7 Å². The molecule has 0 aliphatic heterocycles. The molecule has 0 spiro atoms. The number of hydrogen-bond acceptors (Lipinski definition) is 8. The number of rotatable bonds is 12. The Morgan fingerprint density at radius 3 is 1.59 bits per heavy atom. The molecule has 0 aliphatic rings. The molecule has 0 saturated carbocycles. The summed E-state index contributed by atoms with van der Waals surface area (Å²) in [5, 5.41) is 26.0. The zero-order valence-corrected chi connectivity index (χ0v) is 25.6. The number of aryl methyl sites for hydroxylation is 2. The quantitative estimate of drug-likeness (QED) is 0.0721. The maximum Gasteiger partial charge on any atom is 0.191 e. The van der Waals surface area contributed by atoms with E-state index in [1.165, 1.54) is 0 Å². The van der Waals surface area contributed by atoms with Gasteiger partial charge in [-0.3, -0.25) is 19.3 Å². The normalized spacial score (nSPS) is 11.4. The molecule has 44 heavy (non-hydrogen) atoms. The summed E-state index contributed by atoms with van der Waals surface area (Å²) in [6.45, 7) is 10.9. The Morgan fingerprint density at radius 1 is 0.682 bits per heavy atom. The van der Waals surface area contributed by atoms with Crippen molar-refractivity contribution in [2.45, 2.75) is 65.7 Å². The van der Waals surface area contributed by atoms with E-state index in [0.29, 0.717) is 49.7 Å². The zero-order valence-electron chi connectivity index (χ0n) is 25.6. The molecule has 5 rings (SSSR count). The molecule has 0 amide bonds. The van der Waals surface area contributed by atoms with Gasteiger partial charge in [-0.2, -0.15) is 0 Å². The predicted octanol–water partition coefficient (Wildman–Crippen LogP) is 2.71. The van der Waals surface area contributed by atoms with Crippen LogP contribution >= 0.6 is 0 Å². The summed E-state index contributed by atoms with van der Waals surface area (Å²) in [6, 6.07) is 12.7. The Bertz CT molecular complexity index is 1750. The number of aromatic nitrogens is 8. The van der Waals surface area contributed by atoms with E-state index in [0.717, 1.165) is 52.0 Å². The van der Waals surface area contributed by atoms with E-state index < -0.39 is 0 Å². The van der Waals surface area contributed by atoms with Crippen LogP contribution in [-0.4, -0.2) is 77.0 Å². The summed E-state index contributed by atoms with van der Waals surface area (Å²) >= 11 is 0. The summed E-state index contributed by atoms with van der Waals surface area (Å²) in [5.41, 5.74) is 15.2.